The molecule has 7 heteroatoms. The number of thiophene rings is 1. The van der Waals surface area contributed by atoms with Crippen LogP contribution >= 0.6 is 22.7 Å². The molecule has 3 aromatic rings. The first kappa shape index (κ1) is 18.8. The van der Waals surface area contributed by atoms with Gasteiger partial charge in [0.05, 0.1) is 5.69 Å². The summed E-state index contributed by atoms with van der Waals surface area (Å²) in [6, 6.07) is 9.72. The third kappa shape index (κ3) is 4.15. The van der Waals surface area contributed by atoms with E-state index in [1.807, 2.05) is 52.9 Å². The summed E-state index contributed by atoms with van der Waals surface area (Å²) in [5, 5.41) is 7.88. The zero-order chi connectivity index (χ0) is 19.5. The van der Waals surface area contributed by atoms with E-state index in [0.717, 1.165) is 46.9 Å². The Morgan fingerprint density at radius 2 is 2.18 bits per heavy atom. The molecule has 1 fully saturated rings. The Balaban J connectivity index is 1.47. The van der Waals surface area contributed by atoms with Crippen LogP contribution in [0.3, 0.4) is 0 Å². The molecule has 5 nitrogen and oxygen atoms in total. The maximum atomic E-state index is 12.8. The van der Waals surface area contributed by atoms with Gasteiger partial charge in [0.25, 0.3) is 5.91 Å². The number of carbonyl (C=O) groups excluding carboxylic acids is 2. The molecule has 0 saturated carbocycles. The Hall–Kier alpha value is -2.51. The lowest BCUT2D eigenvalue weighted by atomic mass is 10.1. The number of aromatic nitrogens is 1. The molecule has 2 aromatic heterocycles. The molecule has 0 unspecified atom stereocenters. The molecule has 1 aliphatic rings. The van der Waals surface area contributed by atoms with Gasteiger partial charge in [0, 0.05) is 36.1 Å². The smallest absolute Gasteiger partial charge is 0.267 e. The zero-order valence-electron chi connectivity index (χ0n) is 15.6. The van der Waals surface area contributed by atoms with E-state index in [1.54, 1.807) is 11.3 Å². The second-order valence-corrected chi connectivity index (χ2v) is 8.65. The van der Waals surface area contributed by atoms with Gasteiger partial charge in [-0.25, -0.2) is 4.98 Å². The molecule has 4 rings (SSSR count). The van der Waals surface area contributed by atoms with E-state index in [-0.39, 0.29) is 11.8 Å². The van der Waals surface area contributed by atoms with Gasteiger partial charge < -0.3 is 10.2 Å². The van der Waals surface area contributed by atoms with E-state index in [2.05, 4.69) is 10.3 Å². The molecule has 1 saturated heterocycles. The molecular weight excluding hydrogens is 390 g/mol. The number of amides is 2. The molecule has 1 N–H and O–H groups in total. The predicted octanol–water partition coefficient (Wildman–Crippen LogP) is 4.94. The van der Waals surface area contributed by atoms with Crippen LogP contribution in [0.1, 0.15) is 40.2 Å². The van der Waals surface area contributed by atoms with Gasteiger partial charge in [-0.2, -0.15) is 11.3 Å². The average molecular weight is 412 g/mol. The summed E-state index contributed by atoms with van der Waals surface area (Å²) in [6.07, 6.45) is 2.67. The first-order valence-electron chi connectivity index (χ1n) is 9.28. The lowest BCUT2D eigenvalue weighted by Crippen LogP contribution is -2.34. The minimum Gasteiger partial charge on any atom is -0.338 e. The number of rotatable bonds is 5. The highest BCUT2D eigenvalue weighted by molar-refractivity contribution is 7.17. The van der Waals surface area contributed by atoms with Crippen molar-refractivity contribution in [3.05, 3.63) is 57.2 Å². The third-order valence-electron chi connectivity index (χ3n) is 4.75. The van der Waals surface area contributed by atoms with Gasteiger partial charge >= 0.3 is 0 Å². The molecule has 3 heterocycles. The number of nitrogens with one attached hydrogen (secondary N) is 1. The fourth-order valence-electron chi connectivity index (χ4n) is 3.30. The molecule has 0 aliphatic carbocycles. The zero-order valence-corrected chi connectivity index (χ0v) is 17.2. The van der Waals surface area contributed by atoms with Crippen LogP contribution in [0.4, 0.5) is 5.69 Å². The molecule has 1 aromatic carbocycles. The number of nitrogens with zero attached hydrogens (tertiary/aromatic N) is 2. The Labute approximate surface area is 172 Å². The first-order valence-corrected chi connectivity index (χ1v) is 11.0. The molecule has 0 bridgehead atoms. The van der Waals surface area contributed by atoms with Crippen molar-refractivity contribution >= 4 is 40.2 Å². The minimum atomic E-state index is -0.150. The number of benzene rings is 1. The van der Waals surface area contributed by atoms with Crippen LogP contribution in [0.25, 0.3) is 10.6 Å². The number of hydrogen-bond donors (Lipinski definition) is 1. The van der Waals surface area contributed by atoms with E-state index in [4.69, 9.17) is 0 Å². The maximum Gasteiger partial charge on any atom is 0.267 e. The van der Waals surface area contributed by atoms with Crippen molar-refractivity contribution in [3.8, 4) is 10.6 Å². The Morgan fingerprint density at radius 1 is 1.29 bits per heavy atom. The number of aryl methyl sites for hydroxylation is 1. The normalized spacial score (nSPS) is 14.3. The van der Waals surface area contributed by atoms with Crippen molar-refractivity contribution in [2.24, 2.45) is 0 Å². The van der Waals surface area contributed by atoms with Crippen LogP contribution in [0.5, 0.6) is 0 Å². The van der Waals surface area contributed by atoms with Crippen molar-refractivity contribution in [2.45, 2.75) is 32.7 Å². The van der Waals surface area contributed by atoms with Crippen LogP contribution < -0.4 is 5.32 Å². The summed E-state index contributed by atoms with van der Waals surface area (Å²) in [6.45, 7) is 3.25. The molecule has 0 atom stereocenters. The summed E-state index contributed by atoms with van der Waals surface area (Å²) >= 11 is 3.02. The maximum absolute atomic E-state index is 12.8. The van der Waals surface area contributed by atoms with E-state index in [1.165, 1.54) is 11.3 Å². The van der Waals surface area contributed by atoms with Crippen molar-refractivity contribution in [1.82, 2.24) is 9.88 Å². The fraction of sp³-hybridized carbons (Fsp3) is 0.286. The number of anilines is 1. The van der Waals surface area contributed by atoms with E-state index in [9.17, 15) is 9.59 Å². The van der Waals surface area contributed by atoms with Crippen LogP contribution in [-0.2, 0) is 11.3 Å². The molecule has 0 radical (unpaired) electrons. The Morgan fingerprint density at radius 3 is 2.96 bits per heavy atom. The first-order chi connectivity index (χ1) is 13.6. The Bertz CT molecular complexity index is 995. The topological polar surface area (TPSA) is 62.3 Å². The van der Waals surface area contributed by atoms with Crippen LogP contribution in [0, 0.1) is 6.92 Å². The summed E-state index contributed by atoms with van der Waals surface area (Å²) in [5.41, 5.74) is 3.54. The van der Waals surface area contributed by atoms with Gasteiger partial charge in [-0.1, -0.05) is 12.1 Å². The van der Waals surface area contributed by atoms with E-state index >= 15 is 0 Å². The van der Waals surface area contributed by atoms with Gasteiger partial charge in [0.2, 0.25) is 5.91 Å². The molecule has 144 valence electrons. The SMILES string of the molecule is Cc1nc(-c2ccsc2)sc1C(=O)Nc1cccc(CN2CCCCC2=O)c1. The highest BCUT2D eigenvalue weighted by atomic mass is 32.1. The predicted molar refractivity (Wildman–Crippen MR) is 114 cm³/mol. The largest absolute Gasteiger partial charge is 0.338 e. The number of carbonyl (C=O) groups is 2. The third-order valence-corrected chi connectivity index (χ3v) is 6.64. The standard InChI is InChI=1S/C21H21N3O2S2/c1-14-19(28-21(22-14)16-8-10-27-13-16)20(26)23-17-6-4-5-15(11-17)12-24-9-3-2-7-18(24)25/h4-6,8,10-11,13H,2-3,7,9,12H2,1H3,(H,23,26). The number of hydrogen-bond acceptors (Lipinski definition) is 5. The van der Waals surface area contributed by atoms with Crippen molar-refractivity contribution in [3.63, 3.8) is 0 Å². The molecular formula is C21H21N3O2S2. The minimum absolute atomic E-state index is 0.150. The summed E-state index contributed by atoms with van der Waals surface area (Å²) in [5.74, 6) is 0.0598. The summed E-state index contributed by atoms with van der Waals surface area (Å²) in [4.78, 5) is 31.9. The van der Waals surface area contributed by atoms with Gasteiger partial charge in [-0.3, -0.25) is 9.59 Å². The number of piperidine rings is 1. The Kier molecular flexibility index (Phi) is 5.54. The molecule has 2 amide bonds. The van der Waals surface area contributed by atoms with Gasteiger partial charge in [-0.15, -0.1) is 11.3 Å². The van der Waals surface area contributed by atoms with Crippen LogP contribution in [0.15, 0.2) is 41.1 Å². The number of thiazole rings is 1. The van der Waals surface area contributed by atoms with Crippen molar-refractivity contribution < 1.29 is 9.59 Å². The van der Waals surface area contributed by atoms with Gasteiger partial charge in [-0.05, 0) is 48.9 Å². The lowest BCUT2D eigenvalue weighted by molar-refractivity contribution is -0.133. The van der Waals surface area contributed by atoms with Crippen molar-refractivity contribution in [1.29, 1.82) is 0 Å². The van der Waals surface area contributed by atoms with Crippen LogP contribution in [-0.4, -0.2) is 28.2 Å². The second kappa shape index (κ2) is 8.24. The van der Waals surface area contributed by atoms with Crippen LogP contribution in [0.2, 0.25) is 0 Å². The van der Waals surface area contributed by atoms with Crippen molar-refractivity contribution in [2.75, 3.05) is 11.9 Å². The monoisotopic (exact) mass is 411 g/mol. The van der Waals surface area contributed by atoms with Gasteiger partial charge in [0.15, 0.2) is 0 Å². The number of likely N-dealkylation sites (tertiary alicyclic amines) is 1. The quantitative estimate of drug-likeness (QED) is 0.646. The van der Waals surface area contributed by atoms with E-state index in [0.29, 0.717) is 17.8 Å². The molecule has 0 spiro atoms. The highest BCUT2D eigenvalue weighted by Crippen LogP contribution is 2.30. The second-order valence-electron chi connectivity index (χ2n) is 6.87. The van der Waals surface area contributed by atoms with E-state index < -0.39 is 0 Å². The molecule has 1 aliphatic heterocycles. The fourth-order valence-corrected chi connectivity index (χ4v) is 4.97. The molecule has 28 heavy (non-hydrogen) atoms. The average Bonchev–Trinajstić information content (AvgIpc) is 3.33. The lowest BCUT2D eigenvalue weighted by Gasteiger charge is -2.26. The van der Waals surface area contributed by atoms with Gasteiger partial charge in [0.1, 0.15) is 9.88 Å². The summed E-state index contributed by atoms with van der Waals surface area (Å²) < 4.78 is 0. The highest BCUT2D eigenvalue weighted by Gasteiger charge is 2.19. The summed E-state index contributed by atoms with van der Waals surface area (Å²) in [7, 11) is 0.